The van der Waals surface area contributed by atoms with Crippen molar-refractivity contribution in [1.82, 2.24) is 9.97 Å². The van der Waals surface area contributed by atoms with Gasteiger partial charge in [-0.1, -0.05) is 41.9 Å². The molecule has 0 aliphatic carbocycles. The van der Waals surface area contributed by atoms with Crippen molar-refractivity contribution >= 4 is 28.2 Å². The summed E-state index contributed by atoms with van der Waals surface area (Å²) in [4.78, 5) is 8.56. The molecule has 0 atom stereocenters. The second-order valence-electron chi connectivity index (χ2n) is 3.94. The van der Waals surface area contributed by atoms with E-state index < -0.39 is 0 Å². The Bertz CT molecular complexity index is 720. The molecule has 88 valence electrons. The second-order valence-corrected chi connectivity index (χ2v) is 4.35. The molecule has 1 heterocycles. The molecule has 2 aromatic carbocycles. The molecule has 4 heteroatoms. The summed E-state index contributed by atoms with van der Waals surface area (Å²) >= 11 is 6.05. The van der Waals surface area contributed by atoms with Gasteiger partial charge in [-0.25, -0.2) is 9.97 Å². The molecule has 0 saturated carbocycles. The van der Waals surface area contributed by atoms with Gasteiger partial charge in [-0.05, 0) is 12.1 Å². The summed E-state index contributed by atoms with van der Waals surface area (Å²) in [5, 5.41) is 1.50. The molecular formula is C14H10ClN3. The lowest BCUT2D eigenvalue weighted by atomic mass is 10.0. The molecule has 0 amide bonds. The number of nitrogens with two attached hydrogens (primary N) is 1. The van der Waals surface area contributed by atoms with Crippen LogP contribution in [-0.2, 0) is 0 Å². The van der Waals surface area contributed by atoms with E-state index in [1.807, 2.05) is 36.4 Å². The number of halogens is 1. The summed E-state index contributed by atoms with van der Waals surface area (Å²) < 4.78 is 0. The molecule has 0 aliphatic heterocycles. The Labute approximate surface area is 109 Å². The van der Waals surface area contributed by atoms with Crippen molar-refractivity contribution in [3.05, 3.63) is 53.8 Å². The molecule has 0 aliphatic rings. The van der Waals surface area contributed by atoms with E-state index >= 15 is 0 Å². The molecule has 3 aromatic rings. The Balaban J connectivity index is 2.35. The molecule has 2 N–H and O–H groups in total. The van der Waals surface area contributed by atoms with Gasteiger partial charge in [-0.3, -0.25) is 0 Å². The number of hydrogen-bond acceptors (Lipinski definition) is 3. The fourth-order valence-corrected chi connectivity index (χ4v) is 2.14. The van der Waals surface area contributed by atoms with Crippen LogP contribution in [0.3, 0.4) is 0 Å². The molecule has 0 saturated heterocycles. The SMILES string of the molecule is Nc1c(Cl)cccc1-c1ncnc2ccccc12. The van der Waals surface area contributed by atoms with Gasteiger partial charge in [0.25, 0.3) is 0 Å². The first-order chi connectivity index (χ1) is 8.77. The molecule has 0 fully saturated rings. The lowest BCUT2D eigenvalue weighted by Crippen LogP contribution is -1.94. The zero-order valence-corrected chi connectivity index (χ0v) is 10.2. The summed E-state index contributed by atoms with van der Waals surface area (Å²) in [6.45, 7) is 0. The van der Waals surface area contributed by atoms with Crippen molar-refractivity contribution in [2.75, 3.05) is 5.73 Å². The Kier molecular flexibility index (Phi) is 2.61. The average molecular weight is 256 g/mol. The third kappa shape index (κ3) is 1.69. The van der Waals surface area contributed by atoms with Crippen molar-refractivity contribution in [1.29, 1.82) is 0 Å². The van der Waals surface area contributed by atoms with Crippen molar-refractivity contribution in [2.24, 2.45) is 0 Å². The van der Waals surface area contributed by atoms with Gasteiger partial charge in [0.2, 0.25) is 0 Å². The van der Waals surface area contributed by atoms with Gasteiger partial charge in [-0.15, -0.1) is 0 Å². The quantitative estimate of drug-likeness (QED) is 0.677. The van der Waals surface area contributed by atoms with Gasteiger partial charge in [0.05, 0.1) is 21.9 Å². The molecule has 0 bridgehead atoms. The van der Waals surface area contributed by atoms with Crippen LogP contribution >= 0.6 is 11.6 Å². The van der Waals surface area contributed by atoms with Gasteiger partial charge < -0.3 is 5.73 Å². The predicted molar refractivity (Wildman–Crippen MR) is 74.4 cm³/mol. The number of rotatable bonds is 1. The highest BCUT2D eigenvalue weighted by molar-refractivity contribution is 6.33. The van der Waals surface area contributed by atoms with E-state index in [2.05, 4.69) is 9.97 Å². The highest BCUT2D eigenvalue weighted by Gasteiger charge is 2.10. The highest BCUT2D eigenvalue weighted by atomic mass is 35.5. The van der Waals surface area contributed by atoms with Crippen LogP contribution in [0.1, 0.15) is 0 Å². The summed E-state index contributed by atoms with van der Waals surface area (Å²) in [7, 11) is 0. The zero-order valence-electron chi connectivity index (χ0n) is 9.47. The minimum atomic E-state index is 0.537. The predicted octanol–water partition coefficient (Wildman–Crippen LogP) is 3.53. The molecule has 0 unspecified atom stereocenters. The van der Waals surface area contributed by atoms with E-state index in [-0.39, 0.29) is 0 Å². The third-order valence-corrected chi connectivity index (χ3v) is 3.18. The first-order valence-corrected chi connectivity index (χ1v) is 5.89. The monoisotopic (exact) mass is 255 g/mol. The Morgan fingerprint density at radius 2 is 1.78 bits per heavy atom. The van der Waals surface area contributed by atoms with E-state index in [1.165, 1.54) is 6.33 Å². The highest BCUT2D eigenvalue weighted by Crippen LogP contribution is 2.33. The van der Waals surface area contributed by atoms with E-state index in [0.29, 0.717) is 10.7 Å². The van der Waals surface area contributed by atoms with Crippen LogP contribution in [0.2, 0.25) is 5.02 Å². The van der Waals surface area contributed by atoms with Crippen LogP contribution in [0.4, 0.5) is 5.69 Å². The lowest BCUT2D eigenvalue weighted by molar-refractivity contribution is 1.22. The van der Waals surface area contributed by atoms with Gasteiger partial charge >= 0.3 is 0 Å². The maximum atomic E-state index is 6.05. The fourth-order valence-electron chi connectivity index (χ4n) is 1.96. The number of para-hydroxylation sites is 2. The molecular weight excluding hydrogens is 246 g/mol. The maximum absolute atomic E-state index is 6.05. The van der Waals surface area contributed by atoms with Gasteiger partial charge in [0.15, 0.2) is 0 Å². The van der Waals surface area contributed by atoms with Crippen molar-refractivity contribution in [3.63, 3.8) is 0 Å². The fraction of sp³-hybridized carbons (Fsp3) is 0. The number of aromatic nitrogens is 2. The van der Waals surface area contributed by atoms with Crippen LogP contribution in [0, 0.1) is 0 Å². The third-order valence-electron chi connectivity index (χ3n) is 2.85. The average Bonchev–Trinajstić information content (AvgIpc) is 2.41. The number of benzene rings is 2. The minimum absolute atomic E-state index is 0.537. The number of nitrogen functional groups attached to an aromatic ring is 1. The summed E-state index contributed by atoms with van der Waals surface area (Å²) in [5.41, 5.74) is 9.09. The van der Waals surface area contributed by atoms with Crippen LogP contribution in [0.25, 0.3) is 22.2 Å². The molecule has 1 aromatic heterocycles. The normalized spacial score (nSPS) is 10.7. The second kappa shape index (κ2) is 4.27. The van der Waals surface area contributed by atoms with Crippen LogP contribution in [-0.4, -0.2) is 9.97 Å². The zero-order chi connectivity index (χ0) is 12.5. The largest absolute Gasteiger partial charge is 0.397 e. The first-order valence-electron chi connectivity index (χ1n) is 5.51. The topological polar surface area (TPSA) is 51.8 Å². The van der Waals surface area contributed by atoms with E-state index in [9.17, 15) is 0 Å². The number of hydrogen-bond donors (Lipinski definition) is 1. The smallest absolute Gasteiger partial charge is 0.116 e. The van der Waals surface area contributed by atoms with E-state index in [4.69, 9.17) is 17.3 Å². The number of anilines is 1. The molecule has 3 nitrogen and oxygen atoms in total. The summed E-state index contributed by atoms with van der Waals surface area (Å²) in [6.07, 6.45) is 1.54. The van der Waals surface area contributed by atoms with Gasteiger partial charge in [-0.2, -0.15) is 0 Å². The standard InChI is InChI=1S/C14H10ClN3/c15-11-6-3-5-10(13(11)16)14-9-4-1-2-7-12(9)17-8-18-14/h1-8H,16H2. The number of nitrogens with zero attached hydrogens (tertiary/aromatic N) is 2. The van der Waals surface area contributed by atoms with Crippen molar-refractivity contribution < 1.29 is 0 Å². The first kappa shape index (κ1) is 11.0. The molecule has 18 heavy (non-hydrogen) atoms. The van der Waals surface area contributed by atoms with Crippen molar-refractivity contribution in [2.45, 2.75) is 0 Å². The summed E-state index contributed by atoms with van der Waals surface area (Å²) in [6, 6.07) is 13.4. The molecule has 0 radical (unpaired) electrons. The Hall–Kier alpha value is -2.13. The molecule has 3 rings (SSSR count). The van der Waals surface area contributed by atoms with Gasteiger partial charge in [0, 0.05) is 10.9 Å². The van der Waals surface area contributed by atoms with E-state index in [0.717, 1.165) is 22.2 Å². The maximum Gasteiger partial charge on any atom is 0.116 e. The van der Waals surface area contributed by atoms with Crippen molar-refractivity contribution in [3.8, 4) is 11.3 Å². The van der Waals surface area contributed by atoms with E-state index in [1.54, 1.807) is 6.07 Å². The minimum Gasteiger partial charge on any atom is -0.397 e. The van der Waals surface area contributed by atoms with Crippen LogP contribution in [0.15, 0.2) is 48.8 Å². The molecule has 0 spiro atoms. The summed E-state index contributed by atoms with van der Waals surface area (Å²) in [5.74, 6) is 0. The van der Waals surface area contributed by atoms with Crippen LogP contribution < -0.4 is 5.73 Å². The Morgan fingerprint density at radius 1 is 0.944 bits per heavy atom. The van der Waals surface area contributed by atoms with Gasteiger partial charge in [0.1, 0.15) is 6.33 Å². The Morgan fingerprint density at radius 3 is 2.67 bits per heavy atom. The van der Waals surface area contributed by atoms with Crippen LogP contribution in [0.5, 0.6) is 0 Å². The number of fused-ring (bicyclic) bond motifs is 1. The lowest BCUT2D eigenvalue weighted by Gasteiger charge is -2.08.